The summed E-state index contributed by atoms with van der Waals surface area (Å²) in [6.45, 7) is 3.07. The number of rotatable bonds is 5. The molecule has 1 heterocycles. The molecule has 94 valence electrons. The van der Waals surface area contributed by atoms with Crippen molar-refractivity contribution in [1.82, 2.24) is 10.6 Å². The van der Waals surface area contributed by atoms with Crippen molar-refractivity contribution in [1.29, 1.82) is 0 Å². The lowest BCUT2D eigenvalue weighted by Crippen LogP contribution is -2.52. The second-order valence-electron chi connectivity index (χ2n) is 4.82. The van der Waals surface area contributed by atoms with Crippen LogP contribution in [-0.4, -0.2) is 48.0 Å². The Hall–Kier alpha value is -0.650. The van der Waals surface area contributed by atoms with E-state index in [9.17, 15) is 4.79 Å². The second-order valence-corrected chi connectivity index (χ2v) is 4.82. The van der Waals surface area contributed by atoms with Crippen molar-refractivity contribution in [2.75, 3.05) is 26.3 Å². The molecular formula is C11H22N2O3. The highest BCUT2D eigenvalue weighted by molar-refractivity contribution is 5.77. The molecule has 1 rings (SSSR count). The number of hydrogen-bond acceptors (Lipinski definition) is 4. The summed E-state index contributed by atoms with van der Waals surface area (Å²) in [4.78, 5) is 11.7. The SMILES string of the molecule is CC(CO)(CO)NC(=O)CC1CCNCC1. The monoisotopic (exact) mass is 230 g/mol. The van der Waals surface area contributed by atoms with Gasteiger partial charge in [0.2, 0.25) is 5.91 Å². The zero-order valence-electron chi connectivity index (χ0n) is 9.83. The largest absolute Gasteiger partial charge is 0.394 e. The van der Waals surface area contributed by atoms with E-state index in [1.807, 2.05) is 0 Å². The lowest BCUT2D eigenvalue weighted by Gasteiger charge is -2.28. The third kappa shape index (κ3) is 4.08. The topological polar surface area (TPSA) is 81.6 Å². The van der Waals surface area contributed by atoms with Gasteiger partial charge in [0.05, 0.1) is 18.8 Å². The maximum atomic E-state index is 11.7. The van der Waals surface area contributed by atoms with Crippen LogP contribution >= 0.6 is 0 Å². The van der Waals surface area contributed by atoms with Crippen LogP contribution in [0.4, 0.5) is 0 Å². The van der Waals surface area contributed by atoms with Gasteiger partial charge in [-0.2, -0.15) is 0 Å². The number of nitrogens with one attached hydrogen (secondary N) is 2. The summed E-state index contributed by atoms with van der Waals surface area (Å²) in [5.41, 5.74) is -0.899. The first kappa shape index (κ1) is 13.4. The van der Waals surface area contributed by atoms with Crippen molar-refractivity contribution in [3.05, 3.63) is 0 Å². The van der Waals surface area contributed by atoms with Crippen LogP contribution < -0.4 is 10.6 Å². The van der Waals surface area contributed by atoms with Crippen LogP contribution in [0.5, 0.6) is 0 Å². The lowest BCUT2D eigenvalue weighted by atomic mass is 9.93. The molecule has 4 N–H and O–H groups in total. The summed E-state index contributed by atoms with van der Waals surface area (Å²) < 4.78 is 0. The molecule has 1 amide bonds. The van der Waals surface area contributed by atoms with E-state index in [4.69, 9.17) is 10.2 Å². The van der Waals surface area contributed by atoms with E-state index < -0.39 is 5.54 Å². The van der Waals surface area contributed by atoms with Gasteiger partial charge in [-0.1, -0.05) is 0 Å². The number of carbonyl (C=O) groups excluding carboxylic acids is 1. The zero-order chi connectivity index (χ0) is 12.0. The molecule has 0 aromatic rings. The Kier molecular flexibility index (Phi) is 5.18. The molecule has 0 aromatic heterocycles. The number of aliphatic hydroxyl groups excluding tert-OH is 2. The summed E-state index contributed by atoms with van der Waals surface area (Å²) >= 11 is 0. The Morgan fingerprint density at radius 2 is 1.94 bits per heavy atom. The Morgan fingerprint density at radius 1 is 1.38 bits per heavy atom. The van der Waals surface area contributed by atoms with E-state index in [1.54, 1.807) is 6.92 Å². The van der Waals surface area contributed by atoms with Gasteiger partial charge < -0.3 is 20.8 Å². The molecule has 1 saturated heterocycles. The molecule has 0 atom stereocenters. The van der Waals surface area contributed by atoms with Crippen molar-refractivity contribution < 1.29 is 15.0 Å². The molecule has 1 aliphatic heterocycles. The van der Waals surface area contributed by atoms with Crippen LogP contribution in [0.25, 0.3) is 0 Å². The van der Waals surface area contributed by atoms with E-state index in [-0.39, 0.29) is 19.1 Å². The molecule has 5 nitrogen and oxygen atoms in total. The summed E-state index contributed by atoms with van der Waals surface area (Å²) in [6.07, 6.45) is 2.52. The van der Waals surface area contributed by atoms with E-state index in [0.717, 1.165) is 25.9 Å². The maximum Gasteiger partial charge on any atom is 0.220 e. The van der Waals surface area contributed by atoms with E-state index in [0.29, 0.717) is 12.3 Å². The van der Waals surface area contributed by atoms with Gasteiger partial charge in [-0.15, -0.1) is 0 Å². The molecule has 0 unspecified atom stereocenters. The minimum absolute atomic E-state index is 0.0856. The number of hydrogen-bond donors (Lipinski definition) is 4. The highest BCUT2D eigenvalue weighted by Gasteiger charge is 2.26. The minimum atomic E-state index is -0.899. The molecule has 0 aliphatic carbocycles. The van der Waals surface area contributed by atoms with Gasteiger partial charge >= 0.3 is 0 Å². The van der Waals surface area contributed by atoms with Gasteiger partial charge in [0.1, 0.15) is 0 Å². The smallest absolute Gasteiger partial charge is 0.220 e. The molecule has 1 aliphatic rings. The van der Waals surface area contributed by atoms with Crippen LogP contribution in [-0.2, 0) is 4.79 Å². The standard InChI is InChI=1S/C11H22N2O3/c1-11(7-14,8-15)13-10(16)6-9-2-4-12-5-3-9/h9,12,14-15H,2-8H2,1H3,(H,13,16). The van der Waals surface area contributed by atoms with Crippen molar-refractivity contribution in [3.63, 3.8) is 0 Å². The number of amides is 1. The summed E-state index contributed by atoms with van der Waals surface area (Å²) in [6, 6.07) is 0. The Balaban J connectivity index is 2.34. The third-order valence-corrected chi connectivity index (χ3v) is 3.07. The molecule has 1 fully saturated rings. The average molecular weight is 230 g/mol. The summed E-state index contributed by atoms with van der Waals surface area (Å²) in [5.74, 6) is 0.334. The fraction of sp³-hybridized carbons (Fsp3) is 0.909. The first-order chi connectivity index (χ1) is 7.59. The van der Waals surface area contributed by atoms with Gasteiger partial charge in [-0.3, -0.25) is 4.79 Å². The first-order valence-corrected chi connectivity index (χ1v) is 5.83. The highest BCUT2D eigenvalue weighted by atomic mass is 16.3. The van der Waals surface area contributed by atoms with E-state index in [1.165, 1.54) is 0 Å². The third-order valence-electron chi connectivity index (χ3n) is 3.07. The predicted octanol–water partition coefficient (Wildman–Crippen LogP) is -0.764. The summed E-state index contributed by atoms with van der Waals surface area (Å²) in [5, 5.41) is 24.0. The van der Waals surface area contributed by atoms with Crippen LogP contribution in [0.15, 0.2) is 0 Å². The molecule has 0 spiro atoms. The zero-order valence-corrected chi connectivity index (χ0v) is 9.83. The van der Waals surface area contributed by atoms with Crippen molar-refractivity contribution in [3.8, 4) is 0 Å². The van der Waals surface area contributed by atoms with Crippen LogP contribution in [0.1, 0.15) is 26.2 Å². The second kappa shape index (κ2) is 6.18. The normalized spacial score (nSPS) is 18.4. The van der Waals surface area contributed by atoms with Crippen molar-refractivity contribution >= 4 is 5.91 Å². The van der Waals surface area contributed by atoms with E-state index in [2.05, 4.69) is 10.6 Å². The van der Waals surface area contributed by atoms with Crippen LogP contribution in [0.3, 0.4) is 0 Å². The summed E-state index contributed by atoms with van der Waals surface area (Å²) in [7, 11) is 0. The fourth-order valence-electron chi connectivity index (χ4n) is 1.86. The Morgan fingerprint density at radius 3 is 2.44 bits per heavy atom. The Bertz CT molecular complexity index is 223. The highest BCUT2D eigenvalue weighted by Crippen LogP contribution is 2.16. The molecule has 5 heteroatoms. The fourth-order valence-corrected chi connectivity index (χ4v) is 1.86. The number of piperidine rings is 1. The number of aliphatic hydroxyl groups is 2. The van der Waals surface area contributed by atoms with Crippen molar-refractivity contribution in [2.45, 2.75) is 31.7 Å². The molecule has 16 heavy (non-hydrogen) atoms. The van der Waals surface area contributed by atoms with Crippen LogP contribution in [0, 0.1) is 5.92 Å². The van der Waals surface area contributed by atoms with Gasteiger partial charge in [0.25, 0.3) is 0 Å². The van der Waals surface area contributed by atoms with E-state index >= 15 is 0 Å². The number of carbonyl (C=O) groups is 1. The average Bonchev–Trinajstić information content (AvgIpc) is 2.30. The minimum Gasteiger partial charge on any atom is -0.394 e. The molecule has 0 saturated carbocycles. The maximum absolute atomic E-state index is 11.7. The lowest BCUT2D eigenvalue weighted by molar-refractivity contribution is -0.125. The molecule has 0 aromatic carbocycles. The molecular weight excluding hydrogens is 208 g/mol. The quantitative estimate of drug-likeness (QED) is 0.500. The first-order valence-electron chi connectivity index (χ1n) is 5.83. The molecule has 0 bridgehead atoms. The van der Waals surface area contributed by atoms with Gasteiger partial charge in [0, 0.05) is 6.42 Å². The predicted molar refractivity (Wildman–Crippen MR) is 60.9 cm³/mol. The van der Waals surface area contributed by atoms with Gasteiger partial charge in [-0.05, 0) is 38.8 Å². The van der Waals surface area contributed by atoms with Crippen molar-refractivity contribution in [2.24, 2.45) is 5.92 Å². The van der Waals surface area contributed by atoms with Gasteiger partial charge in [0.15, 0.2) is 0 Å². The Labute approximate surface area is 96.2 Å². The van der Waals surface area contributed by atoms with Crippen LogP contribution in [0.2, 0.25) is 0 Å². The molecule has 0 radical (unpaired) electrons. The van der Waals surface area contributed by atoms with Gasteiger partial charge in [-0.25, -0.2) is 0 Å².